The van der Waals surface area contributed by atoms with E-state index in [9.17, 15) is 5.11 Å². The number of nitrogens with zero attached hydrogens (tertiary/aromatic N) is 1. The first-order chi connectivity index (χ1) is 6.99. The molecule has 0 heterocycles. The summed E-state index contributed by atoms with van der Waals surface area (Å²) in [7, 11) is 4.30. The summed E-state index contributed by atoms with van der Waals surface area (Å²) in [6, 6.07) is 10.1. The molecule has 0 aliphatic heterocycles. The van der Waals surface area contributed by atoms with Crippen LogP contribution in [-0.4, -0.2) is 36.3 Å². The van der Waals surface area contributed by atoms with Gasteiger partial charge < -0.3 is 9.59 Å². The summed E-state index contributed by atoms with van der Waals surface area (Å²) in [5.74, 6) is 0. The highest BCUT2D eigenvalue weighted by atomic mass is 16.3. The average Bonchev–Trinajstić information content (AvgIpc) is 2.28. The van der Waals surface area contributed by atoms with Crippen molar-refractivity contribution in [3.8, 4) is 0 Å². The van der Waals surface area contributed by atoms with Crippen molar-refractivity contribution in [2.75, 3.05) is 20.6 Å². The molecule has 0 fully saturated rings. The van der Waals surface area contributed by atoms with Crippen molar-refractivity contribution in [1.29, 1.82) is 0 Å². The second-order valence-electron chi connectivity index (χ2n) is 4.69. The Balaban J connectivity index is 2.82. The molecule has 2 unspecified atom stereocenters. The minimum Gasteiger partial charge on any atom is -0.382 e. The number of quaternary nitrogens is 1. The Labute approximate surface area is 92.8 Å². The zero-order valence-electron chi connectivity index (χ0n) is 10.1. The van der Waals surface area contributed by atoms with Crippen LogP contribution in [0.1, 0.15) is 25.5 Å². The molecule has 0 spiro atoms. The first kappa shape index (κ1) is 12.2. The average molecular weight is 208 g/mol. The van der Waals surface area contributed by atoms with Crippen LogP contribution < -0.4 is 0 Å². The van der Waals surface area contributed by atoms with Crippen molar-refractivity contribution in [1.82, 2.24) is 0 Å². The molecule has 0 aliphatic carbocycles. The molecule has 1 aromatic rings. The number of benzene rings is 1. The van der Waals surface area contributed by atoms with Crippen LogP contribution >= 0.6 is 0 Å². The molecule has 0 amide bonds. The van der Waals surface area contributed by atoms with Crippen LogP contribution in [0.15, 0.2) is 30.3 Å². The van der Waals surface area contributed by atoms with Crippen molar-refractivity contribution < 1.29 is 9.59 Å². The fourth-order valence-electron chi connectivity index (χ4n) is 1.60. The highest BCUT2D eigenvalue weighted by Crippen LogP contribution is 2.23. The van der Waals surface area contributed by atoms with E-state index in [4.69, 9.17) is 0 Å². The maximum Gasteiger partial charge on any atom is 0.130 e. The van der Waals surface area contributed by atoms with Gasteiger partial charge in [0.2, 0.25) is 0 Å². The van der Waals surface area contributed by atoms with Crippen LogP contribution in [0.4, 0.5) is 0 Å². The lowest BCUT2D eigenvalue weighted by atomic mass is 10.0. The van der Waals surface area contributed by atoms with Crippen molar-refractivity contribution in [3.05, 3.63) is 35.9 Å². The van der Waals surface area contributed by atoms with Gasteiger partial charge in [0.05, 0.1) is 20.6 Å². The predicted molar refractivity (Wildman–Crippen MR) is 63.5 cm³/mol. The Kier molecular flexibility index (Phi) is 3.89. The monoisotopic (exact) mass is 208 g/mol. The van der Waals surface area contributed by atoms with Gasteiger partial charge in [-0.1, -0.05) is 30.3 Å². The van der Waals surface area contributed by atoms with Crippen LogP contribution in [0.2, 0.25) is 0 Å². The zero-order valence-corrected chi connectivity index (χ0v) is 10.1. The highest BCUT2D eigenvalue weighted by Gasteiger charge is 2.29. The van der Waals surface area contributed by atoms with Gasteiger partial charge in [-0.2, -0.15) is 0 Å². The van der Waals surface area contributed by atoms with Gasteiger partial charge in [0.15, 0.2) is 0 Å². The fraction of sp³-hybridized carbons (Fsp3) is 0.538. The van der Waals surface area contributed by atoms with Gasteiger partial charge in [-0.05, 0) is 19.4 Å². The van der Waals surface area contributed by atoms with Gasteiger partial charge in [-0.15, -0.1) is 0 Å². The lowest BCUT2D eigenvalue weighted by molar-refractivity contribution is -0.915. The van der Waals surface area contributed by atoms with Gasteiger partial charge in [-0.25, -0.2) is 0 Å². The minimum absolute atomic E-state index is 0.206. The van der Waals surface area contributed by atoms with Gasteiger partial charge in [0.25, 0.3) is 0 Å². The van der Waals surface area contributed by atoms with Crippen LogP contribution in [0.5, 0.6) is 0 Å². The summed E-state index contributed by atoms with van der Waals surface area (Å²) in [5, 5.41) is 10.2. The van der Waals surface area contributed by atoms with E-state index in [1.54, 1.807) is 0 Å². The summed E-state index contributed by atoms with van der Waals surface area (Å²) in [5.41, 5.74) is 1.00. The Hall–Kier alpha value is -0.860. The predicted octanol–water partition coefficient (Wildman–Crippen LogP) is 2.20. The third-order valence-corrected chi connectivity index (χ3v) is 3.52. The molecule has 0 aromatic heterocycles. The maximum absolute atomic E-state index is 10.2. The third kappa shape index (κ3) is 2.80. The number of rotatable bonds is 4. The van der Waals surface area contributed by atoms with Crippen molar-refractivity contribution in [2.45, 2.75) is 26.0 Å². The van der Waals surface area contributed by atoms with E-state index < -0.39 is 0 Å². The van der Waals surface area contributed by atoms with Gasteiger partial charge in [-0.3, -0.25) is 0 Å². The molecule has 1 aromatic carbocycles. The minimum atomic E-state index is -0.388. The molecule has 2 heteroatoms. The summed E-state index contributed by atoms with van der Waals surface area (Å²) in [6.45, 7) is 5.26. The zero-order chi connectivity index (χ0) is 11.5. The van der Waals surface area contributed by atoms with E-state index in [-0.39, 0.29) is 12.1 Å². The maximum atomic E-state index is 10.2. The largest absolute Gasteiger partial charge is 0.382 e. The SMILES string of the molecule is CC[N+](C)(C)C(C)C(O)c1ccccc1. The summed E-state index contributed by atoms with van der Waals surface area (Å²) < 4.78 is 0.829. The lowest BCUT2D eigenvalue weighted by Gasteiger charge is -2.37. The molecule has 0 bridgehead atoms. The number of aliphatic hydroxyl groups excluding tert-OH is 1. The van der Waals surface area contributed by atoms with E-state index in [1.165, 1.54) is 0 Å². The molecule has 0 radical (unpaired) electrons. The second-order valence-corrected chi connectivity index (χ2v) is 4.69. The van der Waals surface area contributed by atoms with E-state index in [0.717, 1.165) is 16.6 Å². The van der Waals surface area contributed by atoms with Gasteiger partial charge in [0, 0.05) is 0 Å². The second kappa shape index (κ2) is 4.77. The summed E-state index contributed by atoms with van der Waals surface area (Å²) >= 11 is 0. The number of hydrogen-bond donors (Lipinski definition) is 1. The van der Waals surface area contributed by atoms with E-state index in [1.807, 2.05) is 30.3 Å². The first-order valence-electron chi connectivity index (χ1n) is 5.54. The number of aliphatic hydroxyl groups is 1. The third-order valence-electron chi connectivity index (χ3n) is 3.52. The molecule has 2 nitrogen and oxygen atoms in total. The quantitative estimate of drug-likeness (QED) is 0.752. The van der Waals surface area contributed by atoms with Gasteiger partial charge >= 0.3 is 0 Å². The van der Waals surface area contributed by atoms with Crippen LogP contribution in [0.25, 0.3) is 0 Å². The Morgan fingerprint density at radius 3 is 2.20 bits per heavy atom. The molecule has 1 rings (SSSR count). The van der Waals surface area contributed by atoms with Crippen molar-refractivity contribution in [3.63, 3.8) is 0 Å². The van der Waals surface area contributed by atoms with Crippen LogP contribution in [-0.2, 0) is 0 Å². The fourth-order valence-corrected chi connectivity index (χ4v) is 1.60. The molecule has 84 valence electrons. The molecular weight excluding hydrogens is 186 g/mol. The Morgan fingerprint density at radius 2 is 1.73 bits per heavy atom. The molecular formula is C13H22NO+. The molecule has 1 N–H and O–H groups in total. The van der Waals surface area contributed by atoms with Crippen LogP contribution in [0, 0.1) is 0 Å². The molecule has 15 heavy (non-hydrogen) atoms. The standard InChI is InChI=1S/C13H22NO/c1-5-14(3,4)11(2)13(15)12-9-7-6-8-10-12/h6-11,13,15H,5H2,1-4H3/q+1. The van der Waals surface area contributed by atoms with Crippen molar-refractivity contribution in [2.24, 2.45) is 0 Å². The Morgan fingerprint density at radius 1 is 1.20 bits per heavy atom. The molecule has 2 atom stereocenters. The first-order valence-corrected chi connectivity index (χ1v) is 5.54. The molecule has 0 saturated heterocycles. The molecule has 0 saturated carbocycles. The van der Waals surface area contributed by atoms with E-state index in [0.29, 0.717) is 0 Å². The van der Waals surface area contributed by atoms with Gasteiger partial charge in [0.1, 0.15) is 12.1 Å². The van der Waals surface area contributed by atoms with Crippen LogP contribution in [0.3, 0.4) is 0 Å². The van der Waals surface area contributed by atoms with Crippen molar-refractivity contribution >= 4 is 0 Å². The Bertz CT molecular complexity index is 295. The smallest absolute Gasteiger partial charge is 0.130 e. The number of likely N-dealkylation sites (N-methyl/N-ethyl adjacent to an activating group) is 1. The normalized spacial score (nSPS) is 16.1. The number of hydrogen-bond acceptors (Lipinski definition) is 1. The topological polar surface area (TPSA) is 20.2 Å². The lowest BCUT2D eigenvalue weighted by Crippen LogP contribution is -2.49. The highest BCUT2D eigenvalue weighted by molar-refractivity contribution is 5.18. The van der Waals surface area contributed by atoms with E-state index >= 15 is 0 Å². The summed E-state index contributed by atoms with van der Waals surface area (Å²) in [4.78, 5) is 0. The molecule has 0 aliphatic rings. The summed E-state index contributed by atoms with van der Waals surface area (Å²) in [6.07, 6.45) is -0.388. The van der Waals surface area contributed by atoms with E-state index in [2.05, 4.69) is 27.9 Å².